The second-order valence-electron chi connectivity index (χ2n) is 1.71. The van der Waals surface area contributed by atoms with Crippen LogP contribution in [0.5, 0.6) is 0 Å². The monoisotopic (exact) mass is 173 g/mol. The maximum Gasteiger partial charge on any atom is 0.148 e. The van der Waals surface area contributed by atoms with Gasteiger partial charge in [-0.05, 0) is 11.6 Å². The largest absolute Gasteiger partial charge is 0.243 e. The van der Waals surface area contributed by atoms with Crippen molar-refractivity contribution in [3.05, 3.63) is 34.6 Å². The van der Waals surface area contributed by atoms with E-state index < -0.39 is 0 Å². The van der Waals surface area contributed by atoms with Crippen molar-refractivity contribution in [2.75, 3.05) is 0 Å². The normalized spacial score (nSPS) is 9.40. The van der Waals surface area contributed by atoms with Gasteiger partial charge in [-0.3, -0.25) is 0 Å². The summed E-state index contributed by atoms with van der Waals surface area (Å²) < 4.78 is 0. The van der Waals surface area contributed by atoms with Gasteiger partial charge in [0.1, 0.15) is 5.15 Å². The molecule has 1 nitrogen and oxygen atoms in total. The molecule has 52 valence electrons. The molecule has 1 rings (SSSR count). The molecule has 1 aromatic rings. The van der Waals surface area contributed by atoms with Crippen LogP contribution in [0.3, 0.4) is 0 Å². The van der Waals surface area contributed by atoms with E-state index in [9.17, 15) is 0 Å². The van der Waals surface area contributed by atoms with E-state index in [4.69, 9.17) is 23.2 Å². The SMILES string of the molecule is C=Cc1ccnc(Cl)c1Cl. The third-order valence-corrected chi connectivity index (χ3v) is 1.88. The van der Waals surface area contributed by atoms with Gasteiger partial charge in [0.05, 0.1) is 5.02 Å². The first-order chi connectivity index (χ1) is 4.75. The summed E-state index contributed by atoms with van der Waals surface area (Å²) in [7, 11) is 0. The molecule has 0 spiro atoms. The van der Waals surface area contributed by atoms with Gasteiger partial charge in [-0.1, -0.05) is 35.9 Å². The summed E-state index contributed by atoms with van der Waals surface area (Å²) >= 11 is 11.3. The van der Waals surface area contributed by atoms with Gasteiger partial charge in [-0.2, -0.15) is 0 Å². The zero-order chi connectivity index (χ0) is 7.56. The molecule has 0 saturated heterocycles. The fourth-order valence-corrected chi connectivity index (χ4v) is 0.944. The number of nitrogens with zero attached hydrogens (tertiary/aromatic N) is 1. The van der Waals surface area contributed by atoms with Crippen LogP contribution >= 0.6 is 23.2 Å². The van der Waals surface area contributed by atoms with Crippen molar-refractivity contribution in [2.45, 2.75) is 0 Å². The first kappa shape index (κ1) is 7.58. The molecule has 0 unspecified atom stereocenters. The summed E-state index contributed by atoms with van der Waals surface area (Å²) in [6.07, 6.45) is 3.22. The van der Waals surface area contributed by atoms with Crippen molar-refractivity contribution in [1.82, 2.24) is 4.98 Å². The second kappa shape index (κ2) is 3.04. The summed E-state index contributed by atoms with van der Waals surface area (Å²) in [6.45, 7) is 3.56. The zero-order valence-corrected chi connectivity index (χ0v) is 6.65. The third kappa shape index (κ3) is 1.31. The maximum atomic E-state index is 5.73. The number of aromatic nitrogens is 1. The molecule has 1 heterocycles. The van der Waals surface area contributed by atoms with Crippen LogP contribution in [0.25, 0.3) is 6.08 Å². The number of halogens is 2. The average Bonchev–Trinajstić information content (AvgIpc) is 1.95. The van der Waals surface area contributed by atoms with E-state index in [1.54, 1.807) is 18.3 Å². The molecule has 0 saturated carbocycles. The highest BCUT2D eigenvalue weighted by Crippen LogP contribution is 2.23. The topological polar surface area (TPSA) is 12.9 Å². The van der Waals surface area contributed by atoms with Crippen LogP contribution in [0.15, 0.2) is 18.8 Å². The van der Waals surface area contributed by atoms with Crippen molar-refractivity contribution in [1.29, 1.82) is 0 Å². The Labute approximate surface area is 69.3 Å². The van der Waals surface area contributed by atoms with Gasteiger partial charge in [-0.25, -0.2) is 4.98 Å². The van der Waals surface area contributed by atoms with Gasteiger partial charge in [-0.15, -0.1) is 0 Å². The van der Waals surface area contributed by atoms with Crippen LogP contribution in [0.4, 0.5) is 0 Å². The van der Waals surface area contributed by atoms with Crippen LogP contribution in [0.2, 0.25) is 10.2 Å². The first-order valence-electron chi connectivity index (χ1n) is 2.68. The number of hydrogen-bond acceptors (Lipinski definition) is 1. The lowest BCUT2D eigenvalue weighted by Gasteiger charge is -1.96. The fraction of sp³-hybridized carbons (Fsp3) is 0. The van der Waals surface area contributed by atoms with Crippen LogP contribution in [0.1, 0.15) is 5.56 Å². The lowest BCUT2D eigenvalue weighted by atomic mass is 10.3. The van der Waals surface area contributed by atoms with Gasteiger partial charge in [0, 0.05) is 6.20 Å². The maximum absolute atomic E-state index is 5.73. The highest BCUT2D eigenvalue weighted by atomic mass is 35.5. The van der Waals surface area contributed by atoms with E-state index in [1.165, 1.54) is 0 Å². The molecule has 3 heteroatoms. The lowest BCUT2D eigenvalue weighted by molar-refractivity contribution is 1.32. The highest BCUT2D eigenvalue weighted by Gasteiger charge is 2.00. The summed E-state index contributed by atoms with van der Waals surface area (Å²) in [5.74, 6) is 0. The fourth-order valence-electron chi connectivity index (χ4n) is 0.590. The standard InChI is InChI=1S/C7H5Cl2N/c1-2-5-3-4-10-7(9)6(5)8/h2-4H,1H2. The molecule has 0 amide bonds. The number of hydrogen-bond donors (Lipinski definition) is 0. The second-order valence-corrected chi connectivity index (χ2v) is 2.45. The molecule has 0 bridgehead atoms. The lowest BCUT2D eigenvalue weighted by Crippen LogP contribution is -1.79. The Morgan fingerprint density at radius 1 is 1.50 bits per heavy atom. The summed E-state index contributed by atoms with van der Waals surface area (Å²) in [5.41, 5.74) is 0.807. The molecule has 0 radical (unpaired) electrons. The molecule has 0 aliphatic heterocycles. The van der Waals surface area contributed by atoms with E-state index in [0.717, 1.165) is 5.56 Å². The summed E-state index contributed by atoms with van der Waals surface area (Å²) in [6, 6.07) is 1.75. The first-order valence-corrected chi connectivity index (χ1v) is 3.43. The molecular formula is C7H5Cl2N. The minimum atomic E-state index is 0.319. The Bertz CT molecular complexity index is 258. The Morgan fingerprint density at radius 2 is 2.20 bits per heavy atom. The molecule has 0 fully saturated rings. The van der Waals surface area contributed by atoms with Gasteiger partial charge in [0.15, 0.2) is 0 Å². The summed E-state index contributed by atoms with van der Waals surface area (Å²) in [4.78, 5) is 3.77. The van der Waals surface area contributed by atoms with Crippen molar-refractivity contribution >= 4 is 29.3 Å². The minimum Gasteiger partial charge on any atom is -0.243 e. The molecule has 0 N–H and O–H groups in total. The van der Waals surface area contributed by atoms with E-state index in [2.05, 4.69) is 11.6 Å². The predicted molar refractivity (Wildman–Crippen MR) is 44.3 cm³/mol. The smallest absolute Gasteiger partial charge is 0.148 e. The Balaban J connectivity index is 3.27. The minimum absolute atomic E-state index is 0.319. The molecule has 1 aromatic heterocycles. The van der Waals surface area contributed by atoms with Crippen LogP contribution < -0.4 is 0 Å². The molecule has 0 aliphatic carbocycles. The van der Waals surface area contributed by atoms with E-state index in [-0.39, 0.29) is 0 Å². The predicted octanol–water partition coefficient (Wildman–Crippen LogP) is 3.03. The van der Waals surface area contributed by atoms with Crippen molar-refractivity contribution < 1.29 is 0 Å². The molecule has 10 heavy (non-hydrogen) atoms. The Hall–Kier alpha value is -0.530. The zero-order valence-electron chi connectivity index (χ0n) is 5.14. The quantitative estimate of drug-likeness (QED) is 0.596. The van der Waals surface area contributed by atoms with Gasteiger partial charge < -0.3 is 0 Å². The van der Waals surface area contributed by atoms with Crippen LogP contribution in [-0.2, 0) is 0 Å². The van der Waals surface area contributed by atoms with Crippen LogP contribution in [0, 0.1) is 0 Å². The third-order valence-electron chi connectivity index (χ3n) is 1.10. The average molecular weight is 174 g/mol. The van der Waals surface area contributed by atoms with Crippen molar-refractivity contribution in [3.8, 4) is 0 Å². The van der Waals surface area contributed by atoms with Gasteiger partial charge in [0.25, 0.3) is 0 Å². The van der Waals surface area contributed by atoms with E-state index >= 15 is 0 Å². The van der Waals surface area contributed by atoms with E-state index in [0.29, 0.717) is 10.2 Å². The van der Waals surface area contributed by atoms with Crippen molar-refractivity contribution in [3.63, 3.8) is 0 Å². The molecule has 0 aromatic carbocycles. The molecule has 0 atom stereocenters. The molecular weight excluding hydrogens is 169 g/mol. The summed E-state index contributed by atoms with van der Waals surface area (Å²) in [5, 5.41) is 0.776. The van der Waals surface area contributed by atoms with Crippen molar-refractivity contribution in [2.24, 2.45) is 0 Å². The van der Waals surface area contributed by atoms with Crippen LogP contribution in [-0.4, -0.2) is 4.98 Å². The van der Waals surface area contributed by atoms with Gasteiger partial charge >= 0.3 is 0 Å². The highest BCUT2D eigenvalue weighted by molar-refractivity contribution is 6.42. The van der Waals surface area contributed by atoms with E-state index in [1.807, 2.05) is 0 Å². The molecule has 0 aliphatic rings. The number of pyridine rings is 1. The Kier molecular flexibility index (Phi) is 2.30. The number of rotatable bonds is 1. The Morgan fingerprint density at radius 3 is 2.70 bits per heavy atom. The van der Waals surface area contributed by atoms with Gasteiger partial charge in [0.2, 0.25) is 0 Å².